The van der Waals surface area contributed by atoms with Crippen LogP contribution >= 0.6 is 0 Å². The molecule has 1 N–H and O–H groups in total. The molecule has 152 valence electrons. The van der Waals surface area contributed by atoms with Crippen LogP contribution in [0, 0.1) is 0 Å². The summed E-state index contributed by atoms with van der Waals surface area (Å²) in [5.74, 6) is 2.61. The second-order valence-electron chi connectivity index (χ2n) is 6.25. The molecule has 2 aromatic carbocycles. The summed E-state index contributed by atoms with van der Waals surface area (Å²) in [5, 5.41) is 2.91. The minimum atomic E-state index is -0.585. The summed E-state index contributed by atoms with van der Waals surface area (Å²) in [5.41, 5.74) is 1.13. The van der Waals surface area contributed by atoms with Crippen LogP contribution < -0.4 is 24.3 Å². The van der Waals surface area contributed by atoms with Crippen molar-refractivity contribution >= 4 is 5.91 Å². The normalized spacial score (nSPS) is 11.4. The van der Waals surface area contributed by atoms with E-state index < -0.39 is 6.10 Å². The molecule has 0 bridgehead atoms. The average Bonchev–Trinajstić information content (AvgIpc) is 2.72. The molecule has 6 nitrogen and oxygen atoms in total. The fourth-order valence-corrected chi connectivity index (χ4v) is 2.72. The maximum Gasteiger partial charge on any atom is 0.260 e. The second-order valence-corrected chi connectivity index (χ2v) is 6.25. The lowest BCUT2D eigenvalue weighted by molar-refractivity contribution is -0.127. The zero-order valence-electron chi connectivity index (χ0n) is 17.0. The fraction of sp³-hybridized carbons (Fsp3) is 0.409. The molecule has 2 aromatic rings. The molecule has 1 atom stereocenters. The highest BCUT2D eigenvalue weighted by Crippen LogP contribution is 2.28. The van der Waals surface area contributed by atoms with E-state index in [2.05, 4.69) is 5.32 Å². The Balaban J connectivity index is 1.77. The van der Waals surface area contributed by atoms with Crippen molar-refractivity contribution in [2.45, 2.75) is 32.8 Å². The van der Waals surface area contributed by atoms with Gasteiger partial charge in [0.25, 0.3) is 5.91 Å². The Morgan fingerprint density at radius 1 is 1.04 bits per heavy atom. The Labute approximate surface area is 166 Å². The third-order valence-corrected chi connectivity index (χ3v) is 4.19. The van der Waals surface area contributed by atoms with Crippen molar-refractivity contribution in [3.63, 3.8) is 0 Å². The molecule has 0 unspecified atom stereocenters. The number of hydrogen-bond donors (Lipinski definition) is 1. The van der Waals surface area contributed by atoms with Gasteiger partial charge < -0.3 is 24.3 Å². The van der Waals surface area contributed by atoms with E-state index in [4.69, 9.17) is 18.9 Å². The third kappa shape index (κ3) is 6.37. The molecule has 0 aliphatic carbocycles. The van der Waals surface area contributed by atoms with Crippen molar-refractivity contribution in [2.75, 3.05) is 27.4 Å². The van der Waals surface area contributed by atoms with Gasteiger partial charge in [-0.1, -0.05) is 12.1 Å². The van der Waals surface area contributed by atoms with Crippen LogP contribution in [-0.4, -0.2) is 39.4 Å². The molecule has 0 aliphatic rings. The van der Waals surface area contributed by atoms with Crippen LogP contribution in [0.1, 0.15) is 25.8 Å². The molecule has 0 radical (unpaired) electrons. The molecule has 6 heteroatoms. The van der Waals surface area contributed by atoms with E-state index in [-0.39, 0.29) is 5.91 Å². The number of carbonyl (C=O) groups is 1. The van der Waals surface area contributed by atoms with Crippen LogP contribution in [-0.2, 0) is 11.2 Å². The third-order valence-electron chi connectivity index (χ3n) is 4.19. The summed E-state index contributed by atoms with van der Waals surface area (Å²) in [6, 6.07) is 13.1. The van der Waals surface area contributed by atoms with Crippen molar-refractivity contribution in [2.24, 2.45) is 0 Å². The molecule has 1 amide bonds. The van der Waals surface area contributed by atoms with E-state index in [0.29, 0.717) is 24.7 Å². The topological polar surface area (TPSA) is 66.0 Å². The standard InChI is InChI=1S/C22H29NO5/c1-5-27-20-12-11-17(14-21(20)26-4)8-7-13-23-22(24)16(2)28-19-10-6-9-18(15-19)25-3/h6,9-12,14-16H,5,7-8,13H2,1-4H3,(H,23,24)/t16-/m0/s1. The number of methoxy groups -OCH3 is 2. The zero-order chi connectivity index (χ0) is 20.4. The first-order chi connectivity index (χ1) is 13.6. The van der Waals surface area contributed by atoms with Gasteiger partial charge in [-0.05, 0) is 56.5 Å². The minimum Gasteiger partial charge on any atom is -0.497 e. The van der Waals surface area contributed by atoms with Crippen molar-refractivity contribution < 1.29 is 23.7 Å². The number of amides is 1. The number of benzene rings is 2. The van der Waals surface area contributed by atoms with Crippen molar-refractivity contribution in [3.8, 4) is 23.0 Å². The van der Waals surface area contributed by atoms with Gasteiger partial charge in [0.05, 0.1) is 20.8 Å². The monoisotopic (exact) mass is 387 g/mol. The SMILES string of the molecule is CCOc1ccc(CCCNC(=O)[C@H](C)Oc2cccc(OC)c2)cc1OC. The van der Waals surface area contributed by atoms with Crippen LogP contribution in [0.2, 0.25) is 0 Å². The largest absolute Gasteiger partial charge is 0.497 e. The van der Waals surface area contributed by atoms with Gasteiger partial charge in [0, 0.05) is 12.6 Å². The van der Waals surface area contributed by atoms with Gasteiger partial charge >= 0.3 is 0 Å². The molecule has 0 spiro atoms. The lowest BCUT2D eigenvalue weighted by Gasteiger charge is -2.15. The Kier molecular flexibility index (Phi) is 8.46. The Morgan fingerprint density at radius 3 is 2.54 bits per heavy atom. The van der Waals surface area contributed by atoms with Crippen LogP contribution in [0.25, 0.3) is 0 Å². The van der Waals surface area contributed by atoms with Crippen LogP contribution in [0.5, 0.6) is 23.0 Å². The highest BCUT2D eigenvalue weighted by Gasteiger charge is 2.14. The van der Waals surface area contributed by atoms with Crippen molar-refractivity contribution in [3.05, 3.63) is 48.0 Å². The molecule has 0 fully saturated rings. The highest BCUT2D eigenvalue weighted by molar-refractivity contribution is 5.80. The van der Waals surface area contributed by atoms with Gasteiger partial charge in [-0.2, -0.15) is 0 Å². The summed E-state index contributed by atoms with van der Waals surface area (Å²) >= 11 is 0. The zero-order valence-corrected chi connectivity index (χ0v) is 17.0. The summed E-state index contributed by atoms with van der Waals surface area (Å²) in [4.78, 5) is 12.2. The van der Waals surface area contributed by atoms with Gasteiger partial charge in [-0.3, -0.25) is 4.79 Å². The molecule has 28 heavy (non-hydrogen) atoms. The molecule has 0 saturated carbocycles. The molecule has 0 aromatic heterocycles. The molecular formula is C22H29NO5. The number of nitrogens with one attached hydrogen (secondary N) is 1. The summed E-state index contributed by atoms with van der Waals surface area (Å²) in [6.07, 6.45) is 1.06. The molecule has 0 saturated heterocycles. The van der Waals surface area contributed by atoms with E-state index >= 15 is 0 Å². The number of hydrogen-bond acceptors (Lipinski definition) is 5. The van der Waals surface area contributed by atoms with Crippen LogP contribution in [0.15, 0.2) is 42.5 Å². The average molecular weight is 387 g/mol. The lowest BCUT2D eigenvalue weighted by Crippen LogP contribution is -2.36. The van der Waals surface area contributed by atoms with E-state index in [1.165, 1.54) is 0 Å². The smallest absolute Gasteiger partial charge is 0.260 e. The number of carbonyl (C=O) groups excluding carboxylic acids is 1. The quantitative estimate of drug-likeness (QED) is 0.597. The minimum absolute atomic E-state index is 0.146. The Morgan fingerprint density at radius 2 is 1.82 bits per heavy atom. The van der Waals surface area contributed by atoms with E-state index in [9.17, 15) is 4.79 Å². The summed E-state index contributed by atoms with van der Waals surface area (Å²) < 4.78 is 21.7. The fourth-order valence-electron chi connectivity index (χ4n) is 2.72. The highest BCUT2D eigenvalue weighted by atomic mass is 16.5. The summed E-state index contributed by atoms with van der Waals surface area (Å²) in [7, 11) is 3.22. The first kappa shape index (κ1) is 21.4. The summed E-state index contributed by atoms with van der Waals surface area (Å²) in [6.45, 7) is 4.83. The first-order valence-electron chi connectivity index (χ1n) is 9.45. The number of ether oxygens (including phenoxy) is 4. The number of aryl methyl sites for hydroxylation is 1. The molecule has 2 rings (SSSR count). The van der Waals surface area contributed by atoms with Crippen LogP contribution in [0.4, 0.5) is 0 Å². The van der Waals surface area contributed by atoms with Crippen molar-refractivity contribution in [1.82, 2.24) is 5.32 Å². The van der Waals surface area contributed by atoms with Gasteiger partial charge in [0.1, 0.15) is 11.5 Å². The van der Waals surface area contributed by atoms with Gasteiger partial charge in [0.15, 0.2) is 17.6 Å². The molecular weight excluding hydrogens is 358 g/mol. The van der Waals surface area contributed by atoms with Gasteiger partial charge in [-0.25, -0.2) is 0 Å². The number of rotatable bonds is 11. The van der Waals surface area contributed by atoms with E-state index in [1.807, 2.05) is 37.3 Å². The van der Waals surface area contributed by atoms with E-state index in [0.717, 1.165) is 29.9 Å². The van der Waals surface area contributed by atoms with Crippen LogP contribution in [0.3, 0.4) is 0 Å². The lowest BCUT2D eigenvalue weighted by atomic mass is 10.1. The predicted octanol–water partition coefficient (Wildman–Crippen LogP) is 3.62. The Hall–Kier alpha value is -2.89. The predicted molar refractivity (Wildman–Crippen MR) is 109 cm³/mol. The molecule has 0 aliphatic heterocycles. The Bertz CT molecular complexity index is 762. The molecule has 0 heterocycles. The van der Waals surface area contributed by atoms with Gasteiger partial charge in [-0.15, -0.1) is 0 Å². The second kappa shape index (κ2) is 11.1. The van der Waals surface area contributed by atoms with Crippen molar-refractivity contribution in [1.29, 1.82) is 0 Å². The van der Waals surface area contributed by atoms with Gasteiger partial charge in [0.2, 0.25) is 0 Å². The maximum absolute atomic E-state index is 12.2. The first-order valence-corrected chi connectivity index (χ1v) is 9.45. The maximum atomic E-state index is 12.2. The van der Waals surface area contributed by atoms with E-state index in [1.54, 1.807) is 33.3 Å².